The van der Waals surface area contributed by atoms with Gasteiger partial charge in [-0.3, -0.25) is 9.59 Å². The molecule has 0 heterocycles. The van der Waals surface area contributed by atoms with Gasteiger partial charge in [-0.1, -0.05) is 6.07 Å². The van der Waals surface area contributed by atoms with Gasteiger partial charge in [0.2, 0.25) is 0 Å². The van der Waals surface area contributed by atoms with Crippen LogP contribution in [0.2, 0.25) is 0 Å². The molecular weight excluding hydrogens is 370 g/mol. The van der Waals surface area contributed by atoms with Crippen LogP contribution in [-0.2, 0) is 0 Å². The van der Waals surface area contributed by atoms with E-state index in [1.165, 1.54) is 6.07 Å². The first kappa shape index (κ1) is 21.1. The molecule has 0 aliphatic heterocycles. The highest BCUT2D eigenvalue weighted by Crippen LogP contribution is 2.28. The van der Waals surface area contributed by atoms with E-state index < -0.39 is 23.1 Å². The van der Waals surface area contributed by atoms with Crippen LogP contribution < -0.4 is 20.1 Å². The second-order valence-electron chi connectivity index (χ2n) is 5.64. The summed E-state index contributed by atoms with van der Waals surface area (Å²) in [6, 6.07) is 7.98. The molecule has 0 aliphatic carbocycles. The van der Waals surface area contributed by atoms with E-state index in [1.807, 2.05) is 13.8 Å². The molecule has 0 bridgehead atoms. The summed E-state index contributed by atoms with van der Waals surface area (Å²) < 4.78 is 38.0. The number of amides is 2. The van der Waals surface area contributed by atoms with Crippen LogP contribution in [0.4, 0.5) is 8.78 Å². The van der Waals surface area contributed by atoms with Crippen LogP contribution in [0.25, 0.3) is 0 Å². The van der Waals surface area contributed by atoms with Crippen molar-refractivity contribution in [1.29, 1.82) is 0 Å². The molecule has 0 fully saturated rings. The summed E-state index contributed by atoms with van der Waals surface area (Å²) in [5, 5.41) is 4.98. The largest absolute Gasteiger partial charge is 0.490 e. The molecule has 150 valence electrons. The summed E-state index contributed by atoms with van der Waals surface area (Å²) in [5.74, 6) is -2.15. The molecule has 8 heteroatoms. The Morgan fingerprint density at radius 2 is 1.43 bits per heavy atom. The molecular formula is C20H22F2N2O4. The quantitative estimate of drug-likeness (QED) is 0.644. The minimum Gasteiger partial charge on any atom is -0.490 e. The van der Waals surface area contributed by atoms with Crippen molar-refractivity contribution < 1.29 is 27.8 Å². The second-order valence-corrected chi connectivity index (χ2v) is 5.64. The van der Waals surface area contributed by atoms with E-state index in [2.05, 4.69) is 10.6 Å². The fourth-order valence-corrected chi connectivity index (χ4v) is 2.45. The first-order chi connectivity index (χ1) is 13.5. The van der Waals surface area contributed by atoms with Gasteiger partial charge in [-0.25, -0.2) is 8.78 Å². The van der Waals surface area contributed by atoms with Crippen LogP contribution in [0.15, 0.2) is 36.4 Å². The van der Waals surface area contributed by atoms with Gasteiger partial charge in [0, 0.05) is 18.7 Å². The van der Waals surface area contributed by atoms with Gasteiger partial charge in [0.25, 0.3) is 11.8 Å². The van der Waals surface area contributed by atoms with Crippen LogP contribution >= 0.6 is 0 Å². The number of rotatable bonds is 9. The Balaban J connectivity index is 1.90. The summed E-state index contributed by atoms with van der Waals surface area (Å²) in [6.07, 6.45) is 0. The van der Waals surface area contributed by atoms with E-state index in [1.54, 1.807) is 18.2 Å². The number of hydrogen-bond acceptors (Lipinski definition) is 4. The number of carbonyl (C=O) groups excluding carboxylic acids is 2. The molecule has 2 aromatic carbocycles. The lowest BCUT2D eigenvalue weighted by Gasteiger charge is -2.12. The van der Waals surface area contributed by atoms with Crippen molar-refractivity contribution in [2.75, 3.05) is 26.3 Å². The van der Waals surface area contributed by atoms with Crippen molar-refractivity contribution >= 4 is 11.8 Å². The summed E-state index contributed by atoms with van der Waals surface area (Å²) in [5.41, 5.74) is -0.292. The first-order valence-corrected chi connectivity index (χ1v) is 8.88. The molecule has 0 radical (unpaired) electrons. The predicted molar refractivity (Wildman–Crippen MR) is 99.8 cm³/mol. The Labute approximate surface area is 161 Å². The number of ether oxygens (including phenoxy) is 2. The molecule has 0 aromatic heterocycles. The molecule has 0 saturated carbocycles. The highest BCUT2D eigenvalue weighted by atomic mass is 19.1. The number of carbonyl (C=O) groups is 2. The average Bonchev–Trinajstić information content (AvgIpc) is 2.66. The Morgan fingerprint density at radius 3 is 2.04 bits per heavy atom. The molecule has 28 heavy (non-hydrogen) atoms. The second kappa shape index (κ2) is 10.2. The SMILES string of the molecule is CCOc1ccc(C(=O)NCCNC(=O)c2c(F)cccc2F)cc1OCC. The van der Waals surface area contributed by atoms with Gasteiger partial charge in [0.05, 0.1) is 13.2 Å². The van der Waals surface area contributed by atoms with Crippen molar-refractivity contribution in [3.63, 3.8) is 0 Å². The molecule has 0 aliphatic rings. The summed E-state index contributed by atoms with van der Waals surface area (Å²) in [7, 11) is 0. The van der Waals surface area contributed by atoms with Gasteiger partial charge in [0.1, 0.15) is 17.2 Å². The van der Waals surface area contributed by atoms with Crippen molar-refractivity contribution in [2.24, 2.45) is 0 Å². The van der Waals surface area contributed by atoms with Crippen LogP contribution in [0.1, 0.15) is 34.6 Å². The smallest absolute Gasteiger partial charge is 0.257 e. The number of hydrogen-bond donors (Lipinski definition) is 2. The molecule has 0 saturated heterocycles. The van der Waals surface area contributed by atoms with Crippen LogP contribution in [0.5, 0.6) is 11.5 Å². The van der Waals surface area contributed by atoms with Crippen molar-refractivity contribution in [3.05, 3.63) is 59.2 Å². The summed E-state index contributed by atoms with van der Waals surface area (Å²) in [4.78, 5) is 24.1. The van der Waals surface area contributed by atoms with Gasteiger partial charge < -0.3 is 20.1 Å². The van der Waals surface area contributed by atoms with Crippen molar-refractivity contribution in [3.8, 4) is 11.5 Å². The Bertz CT molecular complexity index is 823. The lowest BCUT2D eigenvalue weighted by Crippen LogP contribution is -2.35. The van der Waals surface area contributed by atoms with E-state index >= 15 is 0 Å². The highest BCUT2D eigenvalue weighted by Gasteiger charge is 2.16. The summed E-state index contributed by atoms with van der Waals surface area (Å²) >= 11 is 0. The average molecular weight is 392 g/mol. The van der Waals surface area contributed by atoms with E-state index in [4.69, 9.17) is 9.47 Å². The number of benzene rings is 2. The monoisotopic (exact) mass is 392 g/mol. The van der Waals surface area contributed by atoms with Gasteiger partial charge in [-0.15, -0.1) is 0 Å². The molecule has 2 amide bonds. The third kappa shape index (κ3) is 5.42. The van der Waals surface area contributed by atoms with Gasteiger partial charge in [0.15, 0.2) is 11.5 Å². The Kier molecular flexibility index (Phi) is 7.74. The zero-order chi connectivity index (χ0) is 20.5. The van der Waals surface area contributed by atoms with Gasteiger partial charge >= 0.3 is 0 Å². The molecule has 0 spiro atoms. The maximum atomic E-state index is 13.6. The predicted octanol–water partition coefficient (Wildman–Crippen LogP) is 2.92. The summed E-state index contributed by atoms with van der Waals surface area (Å²) in [6.45, 7) is 4.64. The molecule has 2 rings (SSSR count). The molecule has 0 unspecified atom stereocenters. The third-order valence-electron chi connectivity index (χ3n) is 3.69. The van der Waals surface area contributed by atoms with Crippen molar-refractivity contribution in [1.82, 2.24) is 10.6 Å². The van der Waals surface area contributed by atoms with E-state index in [-0.39, 0.29) is 19.0 Å². The van der Waals surface area contributed by atoms with Gasteiger partial charge in [-0.05, 0) is 44.2 Å². The number of nitrogens with one attached hydrogen (secondary N) is 2. The fourth-order valence-electron chi connectivity index (χ4n) is 2.45. The maximum Gasteiger partial charge on any atom is 0.257 e. The molecule has 6 nitrogen and oxygen atoms in total. The van der Waals surface area contributed by atoms with Crippen LogP contribution in [-0.4, -0.2) is 38.1 Å². The minimum absolute atomic E-state index is 0.00763. The lowest BCUT2D eigenvalue weighted by atomic mass is 10.2. The van der Waals surface area contributed by atoms with Crippen LogP contribution in [0, 0.1) is 11.6 Å². The normalized spacial score (nSPS) is 10.3. The Morgan fingerprint density at radius 1 is 0.857 bits per heavy atom. The Hall–Kier alpha value is -3.16. The zero-order valence-electron chi connectivity index (χ0n) is 15.7. The fraction of sp³-hybridized carbons (Fsp3) is 0.300. The zero-order valence-corrected chi connectivity index (χ0v) is 15.7. The third-order valence-corrected chi connectivity index (χ3v) is 3.69. The topological polar surface area (TPSA) is 76.7 Å². The van der Waals surface area contributed by atoms with Gasteiger partial charge in [-0.2, -0.15) is 0 Å². The van der Waals surface area contributed by atoms with E-state index in [0.29, 0.717) is 30.3 Å². The van der Waals surface area contributed by atoms with Crippen molar-refractivity contribution in [2.45, 2.75) is 13.8 Å². The maximum absolute atomic E-state index is 13.6. The molecule has 2 aromatic rings. The highest BCUT2D eigenvalue weighted by molar-refractivity contribution is 5.95. The standard InChI is InChI=1S/C20H22F2N2O4/c1-3-27-16-9-8-13(12-17(16)28-4-2)19(25)23-10-11-24-20(26)18-14(21)6-5-7-15(18)22/h5-9,12H,3-4,10-11H2,1-2H3,(H,23,25)(H,24,26). The first-order valence-electron chi connectivity index (χ1n) is 8.88. The number of halogens is 2. The van der Waals surface area contributed by atoms with E-state index in [9.17, 15) is 18.4 Å². The molecule has 2 N–H and O–H groups in total. The molecule has 0 atom stereocenters. The van der Waals surface area contributed by atoms with Crippen LogP contribution in [0.3, 0.4) is 0 Å². The minimum atomic E-state index is -0.945. The van der Waals surface area contributed by atoms with E-state index in [0.717, 1.165) is 12.1 Å². The lowest BCUT2D eigenvalue weighted by molar-refractivity contribution is 0.0922.